The monoisotopic (exact) mass is 328 g/mol. The largest absolute Gasteiger partial charge is 0.369 e. The molecule has 0 radical (unpaired) electrons. The zero-order valence-electron chi connectivity index (χ0n) is 13.1. The van der Waals surface area contributed by atoms with E-state index in [9.17, 15) is 8.42 Å². The second-order valence-electron chi connectivity index (χ2n) is 6.11. The average molecular weight is 328 g/mol. The van der Waals surface area contributed by atoms with Gasteiger partial charge in [-0.25, -0.2) is 0 Å². The van der Waals surface area contributed by atoms with Crippen molar-refractivity contribution in [1.29, 1.82) is 0 Å². The van der Waals surface area contributed by atoms with Crippen LogP contribution in [0.5, 0.6) is 0 Å². The molecule has 1 saturated carbocycles. The van der Waals surface area contributed by atoms with Crippen molar-refractivity contribution in [3.8, 4) is 0 Å². The smallest absolute Gasteiger partial charge is 0.264 e. The minimum atomic E-state index is -3.56. The first-order valence-corrected chi connectivity index (χ1v) is 8.95. The third kappa shape index (κ3) is 2.19. The van der Waals surface area contributed by atoms with Crippen LogP contribution in [-0.4, -0.2) is 45.4 Å². The molecule has 2 aliphatic heterocycles. The van der Waals surface area contributed by atoms with Crippen LogP contribution in [0.15, 0.2) is 30.3 Å². The fourth-order valence-corrected chi connectivity index (χ4v) is 3.97. The first kappa shape index (κ1) is 13.4. The Bertz CT molecular complexity index is 710. The van der Waals surface area contributed by atoms with Gasteiger partial charge in [-0.2, -0.15) is 8.42 Å². The maximum absolute atomic E-state index is 11.2. The lowest BCUT2D eigenvalue weighted by atomic mass is 9.59. The van der Waals surface area contributed by atoms with Gasteiger partial charge in [0, 0.05) is 6.42 Å². The second kappa shape index (κ2) is 4.75. The van der Waals surface area contributed by atoms with Crippen molar-refractivity contribution in [2.24, 2.45) is 5.92 Å². The molecule has 2 saturated heterocycles. The first-order valence-electron chi connectivity index (χ1n) is 7.72. The molecule has 4 rings (SSSR count). The van der Waals surface area contributed by atoms with Crippen LogP contribution in [0.25, 0.3) is 0 Å². The van der Waals surface area contributed by atoms with Gasteiger partial charge in [0.05, 0.1) is 39.4 Å². The van der Waals surface area contributed by atoms with Gasteiger partial charge in [0.1, 0.15) is 5.60 Å². The number of hydrogen-bond donors (Lipinski definition) is 0. The van der Waals surface area contributed by atoms with E-state index in [1.165, 1.54) is 0 Å². The van der Waals surface area contributed by atoms with Crippen molar-refractivity contribution in [1.82, 2.24) is 0 Å². The Morgan fingerprint density at radius 3 is 2.91 bits per heavy atom. The van der Waals surface area contributed by atoms with E-state index in [1.54, 1.807) is 0 Å². The molecule has 2 heterocycles. The molecule has 7 heteroatoms. The highest BCUT2D eigenvalue weighted by Crippen LogP contribution is 2.66. The zero-order valence-corrected chi connectivity index (χ0v) is 12.9. The molecule has 1 aromatic rings. The Kier molecular flexibility index (Phi) is 2.90. The molecule has 1 aliphatic carbocycles. The van der Waals surface area contributed by atoms with Crippen LogP contribution in [0.3, 0.4) is 0 Å². The highest BCUT2D eigenvalue weighted by Gasteiger charge is 2.80. The van der Waals surface area contributed by atoms with Gasteiger partial charge in [-0.3, -0.25) is 4.18 Å². The number of ether oxygens (including phenoxy) is 3. The fraction of sp³-hybridized carbons (Fsp3) is 0.600. The Morgan fingerprint density at radius 1 is 1.41 bits per heavy atom. The predicted octanol–water partition coefficient (Wildman–Crippen LogP) is 1.06. The Morgan fingerprint density at radius 2 is 2.18 bits per heavy atom. The maximum Gasteiger partial charge on any atom is 0.264 e. The van der Waals surface area contributed by atoms with E-state index in [0.717, 1.165) is 11.8 Å². The summed E-state index contributed by atoms with van der Waals surface area (Å²) in [4.78, 5) is 0. The molecule has 3 aliphatic rings. The minimum Gasteiger partial charge on any atom is -0.369 e. The van der Waals surface area contributed by atoms with Crippen molar-refractivity contribution in [2.75, 3.05) is 19.4 Å². The molecule has 120 valence electrons. The summed E-state index contributed by atoms with van der Waals surface area (Å²) in [5.41, 5.74) is 0.231. The van der Waals surface area contributed by atoms with Gasteiger partial charge in [-0.1, -0.05) is 30.3 Å². The fourth-order valence-electron chi connectivity index (χ4n) is 3.56. The average Bonchev–Trinajstić information content (AvgIpc) is 2.57. The van der Waals surface area contributed by atoms with Gasteiger partial charge < -0.3 is 14.2 Å². The first-order chi connectivity index (χ1) is 10.8. The number of hydrogen-bond acceptors (Lipinski definition) is 6. The van der Waals surface area contributed by atoms with Crippen molar-refractivity contribution in [3.63, 3.8) is 0 Å². The van der Waals surface area contributed by atoms with Gasteiger partial charge in [-0.15, -0.1) is 0 Å². The summed E-state index contributed by atoms with van der Waals surface area (Å²) in [6, 6.07) is 9.73. The third-order valence-corrected chi connectivity index (χ3v) is 5.08. The standard InChI is InChI=1S/C15H18O6S/c1-22(16,17)20-10-14-9-15(13(14)12(21-15)8-18-14)19-7-11-5-3-2-4-6-11/h2-6,12-13H,7-10H2,1H3/t12?,13?,14-,15?/m1/s1/i8T/t8-,12?,13?,14+,15?/m0. The summed E-state index contributed by atoms with van der Waals surface area (Å²) in [6.07, 6.45) is 0.991. The van der Waals surface area contributed by atoms with Gasteiger partial charge in [0.2, 0.25) is 0 Å². The molecule has 22 heavy (non-hydrogen) atoms. The summed E-state index contributed by atoms with van der Waals surface area (Å²) in [7, 11) is -3.56. The maximum atomic E-state index is 11.2. The molecule has 5 atom stereocenters. The van der Waals surface area contributed by atoms with Crippen LogP contribution in [0.1, 0.15) is 13.4 Å². The van der Waals surface area contributed by atoms with E-state index in [2.05, 4.69) is 0 Å². The van der Waals surface area contributed by atoms with Crippen LogP contribution >= 0.6 is 0 Å². The lowest BCUT2D eigenvalue weighted by molar-refractivity contribution is -0.449. The third-order valence-electron chi connectivity index (χ3n) is 4.53. The topological polar surface area (TPSA) is 71.1 Å². The van der Waals surface area contributed by atoms with E-state index in [0.29, 0.717) is 13.0 Å². The van der Waals surface area contributed by atoms with E-state index >= 15 is 0 Å². The van der Waals surface area contributed by atoms with Gasteiger partial charge in [-0.05, 0) is 5.56 Å². The molecule has 0 aromatic heterocycles. The number of rotatable bonds is 6. The minimum absolute atomic E-state index is 0.0951. The Balaban J connectivity index is 1.45. The highest BCUT2D eigenvalue weighted by atomic mass is 32.2. The molecular formula is C15H18O6S. The molecule has 0 spiro atoms. The summed E-state index contributed by atoms with van der Waals surface area (Å²) in [5.74, 6) is -0.945. The quantitative estimate of drug-likeness (QED) is 0.727. The lowest BCUT2D eigenvalue weighted by Crippen LogP contribution is -2.78. The van der Waals surface area contributed by atoms with E-state index in [4.69, 9.17) is 19.8 Å². The van der Waals surface area contributed by atoms with E-state index in [1.807, 2.05) is 30.3 Å². The predicted molar refractivity (Wildman–Crippen MR) is 76.4 cm³/mol. The highest BCUT2D eigenvalue weighted by molar-refractivity contribution is 7.85. The normalized spacial score (nSPS) is 43.0. The Hall–Kier alpha value is -0.990. The summed E-state index contributed by atoms with van der Waals surface area (Å²) >= 11 is 0. The van der Waals surface area contributed by atoms with Crippen LogP contribution in [0.2, 0.25) is 0 Å². The summed E-state index contributed by atoms with van der Waals surface area (Å²) in [6.45, 7) is -0.531. The molecule has 0 N–H and O–H groups in total. The van der Waals surface area contributed by atoms with Crippen molar-refractivity contribution in [2.45, 2.75) is 30.5 Å². The van der Waals surface area contributed by atoms with Crippen LogP contribution in [0.4, 0.5) is 0 Å². The molecule has 0 bridgehead atoms. The van der Waals surface area contributed by atoms with Crippen LogP contribution < -0.4 is 0 Å². The van der Waals surface area contributed by atoms with Crippen molar-refractivity contribution in [3.05, 3.63) is 35.9 Å². The molecule has 3 unspecified atom stereocenters. The van der Waals surface area contributed by atoms with E-state index in [-0.39, 0.29) is 18.6 Å². The lowest BCUT2D eigenvalue weighted by Gasteiger charge is -2.64. The second-order valence-corrected chi connectivity index (χ2v) is 7.75. The number of benzene rings is 1. The van der Waals surface area contributed by atoms with Crippen molar-refractivity contribution < 1.29 is 28.2 Å². The van der Waals surface area contributed by atoms with Gasteiger partial charge >= 0.3 is 0 Å². The molecule has 0 amide bonds. The van der Waals surface area contributed by atoms with Crippen LogP contribution in [-0.2, 0) is 35.1 Å². The Labute approximate surface area is 130 Å². The molecule has 3 fully saturated rings. The summed E-state index contributed by atoms with van der Waals surface area (Å²) < 4.78 is 52.7. The molecule has 6 nitrogen and oxygen atoms in total. The summed E-state index contributed by atoms with van der Waals surface area (Å²) in [5, 5.41) is 0. The van der Waals surface area contributed by atoms with Crippen LogP contribution in [0, 0.1) is 5.92 Å². The van der Waals surface area contributed by atoms with Crippen molar-refractivity contribution >= 4 is 10.1 Å². The van der Waals surface area contributed by atoms with Gasteiger partial charge in [0.25, 0.3) is 10.1 Å². The SMILES string of the molecule is [3H][C@@H]1O[C@@]2(COS(C)(=O)=O)CC3(OCc4ccccc4)OC1C32. The van der Waals surface area contributed by atoms with Gasteiger partial charge in [0.15, 0.2) is 5.79 Å². The molecular weight excluding hydrogens is 308 g/mol. The molecule has 1 aromatic carbocycles. The zero-order chi connectivity index (χ0) is 16.3. The van der Waals surface area contributed by atoms with E-state index < -0.39 is 28.1 Å².